The van der Waals surface area contributed by atoms with Crippen LogP contribution in [0.15, 0.2) is 63.5 Å². The zero-order valence-corrected chi connectivity index (χ0v) is 14.0. The molecule has 1 atom stereocenters. The number of benzene rings is 3. The summed E-state index contributed by atoms with van der Waals surface area (Å²) in [6.45, 7) is 0. The van der Waals surface area contributed by atoms with Crippen LogP contribution in [0.3, 0.4) is 0 Å². The highest BCUT2D eigenvalue weighted by atomic mass is 79.9. The molecule has 1 N–H and O–H groups in total. The number of hydrogen-bond donors (Lipinski definition) is 1. The van der Waals surface area contributed by atoms with Crippen molar-refractivity contribution < 1.29 is 9.50 Å². The summed E-state index contributed by atoms with van der Waals surface area (Å²) in [6.07, 6.45) is -0.831. The van der Waals surface area contributed by atoms with Gasteiger partial charge in [0.1, 0.15) is 11.9 Å². The van der Waals surface area contributed by atoms with Crippen LogP contribution in [-0.2, 0) is 0 Å². The smallest absolute Gasteiger partial charge is 0.131 e. The molecule has 3 aromatic rings. The van der Waals surface area contributed by atoms with Gasteiger partial charge in [0, 0.05) is 19.9 Å². The van der Waals surface area contributed by atoms with Crippen LogP contribution in [-0.4, -0.2) is 5.11 Å². The van der Waals surface area contributed by atoms with E-state index in [2.05, 4.69) is 31.9 Å². The van der Waals surface area contributed by atoms with E-state index in [1.807, 2.05) is 30.3 Å². The molecule has 0 aliphatic rings. The normalized spacial score (nSPS) is 12.6. The fourth-order valence-corrected chi connectivity index (χ4v) is 3.26. The molecule has 1 nitrogen and oxygen atoms in total. The molecule has 3 aromatic carbocycles. The Bertz CT molecular complexity index is 817. The molecule has 0 aliphatic carbocycles. The summed E-state index contributed by atoms with van der Waals surface area (Å²) in [7, 11) is 0. The van der Waals surface area contributed by atoms with Crippen molar-refractivity contribution in [3.63, 3.8) is 0 Å². The zero-order chi connectivity index (χ0) is 15.0. The zero-order valence-electron chi connectivity index (χ0n) is 10.9. The quantitative estimate of drug-likeness (QED) is 0.585. The second-order valence-corrected chi connectivity index (χ2v) is 6.52. The molecule has 0 spiro atoms. The van der Waals surface area contributed by atoms with Gasteiger partial charge < -0.3 is 5.11 Å². The highest BCUT2D eigenvalue weighted by molar-refractivity contribution is 9.11. The first kappa shape index (κ1) is 14.7. The fourth-order valence-electron chi connectivity index (χ4n) is 2.42. The number of rotatable bonds is 2. The van der Waals surface area contributed by atoms with E-state index in [1.165, 1.54) is 6.07 Å². The van der Waals surface area contributed by atoms with Crippen molar-refractivity contribution in [3.8, 4) is 0 Å². The van der Waals surface area contributed by atoms with E-state index in [1.54, 1.807) is 18.2 Å². The lowest BCUT2D eigenvalue weighted by atomic mass is 9.95. The van der Waals surface area contributed by atoms with Gasteiger partial charge in [-0.25, -0.2) is 4.39 Å². The molecule has 0 saturated carbocycles. The van der Waals surface area contributed by atoms with E-state index < -0.39 is 6.10 Å². The maximum Gasteiger partial charge on any atom is 0.131 e. The Morgan fingerprint density at radius 3 is 2.33 bits per heavy atom. The topological polar surface area (TPSA) is 20.2 Å². The first-order chi connectivity index (χ1) is 10.1. The lowest BCUT2D eigenvalue weighted by Crippen LogP contribution is -2.02. The van der Waals surface area contributed by atoms with E-state index in [0.717, 1.165) is 19.9 Å². The van der Waals surface area contributed by atoms with Crippen LogP contribution in [0.5, 0.6) is 0 Å². The second kappa shape index (κ2) is 5.87. The maximum atomic E-state index is 13.9. The van der Waals surface area contributed by atoms with Crippen molar-refractivity contribution in [2.75, 3.05) is 0 Å². The van der Waals surface area contributed by atoms with Gasteiger partial charge in [0.25, 0.3) is 0 Å². The Morgan fingerprint density at radius 2 is 1.57 bits per heavy atom. The number of hydrogen-bond acceptors (Lipinski definition) is 1. The number of fused-ring (bicyclic) bond motifs is 1. The van der Waals surface area contributed by atoms with Gasteiger partial charge in [0.05, 0.1) is 0 Å². The van der Waals surface area contributed by atoms with Crippen molar-refractivity contribution in [2.45, 2.75) is 6.10 Å². The number of aliphatic hydroxyl groups is 1. The summed E-state index contributed by atoms with van der Waals surface area (Å²) in [6, 6.07) is 15.8. The van der Waals surface area contributed by atoms with Crippen LogP contribution in [0, 0.1) is 5.82 Å². The number of aliphatic hydroxyl groups excluding tert-OH is 1. The van der Waals surface area contributed by atoms with Gasteiger partial charge in [-0.05, 0) is 35.2 Å². The predicted octanol–water partition coefficient (Wildman–Crippen LogP) is 5.59. The Labute approximate surface area is 138 Å². The average molecular weight is 410 g/mol. The highest BCUT2D eigenvalue weighted by Gasteiger charge is 2.17. The molecule has 1 unspecified atom stereocenters. The van der Waals surface area contributed by atoms with Gasteiger partial charge >= 0.3 is 0 Å². The molecule has 0 amide bonds. The average Bonchev–Trinajstić information content (AvgIpc) is 2.50. The minimum Gasteiger partial charge on any atom is -0.384 e. The predicted molar refractivity (Wildman–Crippen MR) is 89.8 cm³/mol. The maximum absolute atomic E-state index is 13.9. The van der Waals surface area contributed by atoms with Gasteiger partial charge in [-0.15, -0.1) is 0 Å². The van der Waals surface area contributed by atoms with Gasteiger partial charge in [-0.1, -0.05) is 62.2 Å². The van der Waals surface area contributed by atoms with Gasteiger partial charge in [-0.2, -0.15) is 0 Å². The lowest BCUT2D eigenvalue weighted by molar-refractivity contribution is 0.221. The molecule has 0 bridgehead atoms. The Morgan fingerprint density at radius 1 is 0.857 bits per heavy atom. The van der Waals surface area contributed by atoms with Crippen molar-refractivity contribution in [2.24, 2.45) is 0 Å². The third-order valence-electron chi connectivity index (χ3n) is 3.45. The first-order valence-electron chi connectivity index (χ1n) is 6.38. The van der Waals surface area contributed by atoms with E-state index in [-0.39, 0.29) is 5.82 Å². The van der Waals surface area contributed by atoms with E-state index in [9.17, 15) is 9.50 Å². The van der Waals surface area contributed by atoms with Crippen LogP contribution in [0.25, 0.3) is 10.8 Å². The third kappa shape index (κ3) is 2.76. The monoisotopic (exact) mass is 408 g/mol. The van der Waals surface area contributed by atoms with E-state index >= 15 is 0 Å². The molecular formula is C17H11Br2FO. The van der Waals surface area contributed by atoms with Crippen molar-refractivity contribution in [1.29, 1.82) is 0 Å². The van der Waals surface area contributed by atoms with Crippen LogP contribution >= 0.6 is 31.9 Å². The summed E-state index contributed by atoms with van der Waals surface area (Å²) in [4.78, 5) is 0. The molecular weight excluding hydrogens is 399 g/mol. The van der Waals surface area contributed by atoms with E-state index in [4.69, 9.17) is 0 Å². The van der Waals surface area contributed by atoms with Crippen LogP contribution in [0.1, 0.15) is 17.2 Å². The van der Waals surface area contributed by atoms with Gasteiger partial charge in [0.15, 0.2) is 0 Å². The molecule has 0 heterocycles. The van der Waals surface area contributed by atoms with Crippen LogP contribution < -0.4 is 0 Å². The Hall–Kier alpha value is -1.23. The Balaban J connectivity index is 2.20. The molecule has 0 radical (unpaired) electrons. The van der Waals surface area contributed by atoms with Crippen molar-refractivity contribution >= 4 is 42.6 Å². The molecule has 106 valence electrons. The summed E-state index contributed by atoms with van der Waals surface area (Å²) >= 11 is 6.86. The molecule has 4 heteroatoms. The van der Waals surface area contributed by atoms with Crippen molar-refractivity contribution in [1.82, 2.24) is 0 Å². The second-order valence-electron chi connectivity index (χ2n) is 4.75. The molecule has 0 fully saturated rings. The van der Waals surface area contributed by atoms with Crippen LogP contribution in [0.2, 0.25) is 0 Å². The van der Waals surface area contributed by atoms with Crippen molar-refractivity contribution in [3.05, 3.63) is 80.5 Å². The Kier molecular flexibility index (Phi) is 4.11. The fraction of sp³-hybridized carbons (Fsp3) is 0.0588. The summed E-state index contributed by atoms with van der Waals surface area (Å²) < 4.78 is 15.6. The minimum atomic E-state index is -0.831. The standard InChI is InChI=1S/C17H11Br2FO/c18-10-5-7-15(19)14(9-10)17(21)13-6-8-16(20)12-4-2-1-3-11(12)13/h1-9,17,21H. The third-order valence-corrected chi connectivity index (χ3v) is 4.67. The molecule has 0 saturated heterocycles. The highest BCUT2D eigenvalue weighted by Crippen LogP contribution is 2.34. The largest absolute Gasteiger partial charge is 0.384 e. The van der Waals surface area contributed by atoms with E-state index in [0.29, 0.717) is 10.9 Å². The molecule has 0 aliphatic heterocycles. The van der Waals surface area contributed by atoms with Gasteiger partial charge in [0.2, 0.25) is 0 Å². The summed E-state index contributed by atoms with van der Waals surface area (Å²) in [5, 5.41) is 11.9. The molecule has 3 rings (SSSR count). The molecule has 0 aromatic heterocycles. The minimum absolute atomic E-state index is 0.283. The summed E-state index contributed by atoms with van der Waals surface area (Å²) in [5.74, 6) is -0.283. The SMILES string of the molecule is OC(c1cc(Br)ccc1Br)c1ccc(F)c2ccccc12. The first-order valence-corrected chi connectivity index (χ1v) is 7.96. The van der Waals surface area contributed by atoms with Gasteiger partial charge in [-0.3, -0.25) is 0 Å². The number of halogens is 3. The summed E-state index contributed by atoms with van der Waals surface area (Å²) in [5.41, 5.74) is 1.42. The molecule has 21 heavy (non-hydrogen) atoms. The van der Waals surface area contributed by atoms with Crippen LogP contribution in [0.4, 0.5) is 4.39 Å². The lowest BCUT2D eigenvalue weighted by Gasteiger charge is -2.16.